The average Bonchev–Trinajstić information content (AvgIpc) is 3.07. The predicted octanol–water partition coefficient (Wildman–Crippen LogP) is 6.41. The van der Waals surface area contributed by atoms with E-state index in [0.29, 0.717) is 11.8 Å². The Morgan fingerprint density at radius 2 is 1.78 bits per heavy atom. The molecular weight excluding hydrogens is 356 g/mol. The summed E-state index contributed by atoms with van der Waals surface area (Å²) in [7, 11) is 0. The van der Waals surface area contributed by atoms with Crippen LogP contribution in [0, 0.1) is 6.92 Å². The molecule has 0 bridgehead atoms. The first-order valence-corrected chi connectivity index (χ1v) is 9.25. The summed E-state index contributed by atoms with van der Waals surface area (Å²) < 4.78 is 6.00. The monoisotopic (exact) mass is 372 g/mol. The molecule has 3 nitrogen and oxygen atoms in total. The van der Waals surface area contributed by atoms with Crippen molar-refractivity contribution in [2.45, 2.75) is 13.5 Å². The molecule has 2 heterocycles. The zero-order valence-electron chi connectivity index (χ0n) is 14.8. The van der Waals surface area contributed by atoms with Crippen LogP contribution in [-0.2, 0) is 6.61 Å². The minimum atomic E-state index is 0.543. The Morgan fingerprint density at radius 1 is 0.926 bits per heavy atom. The second kappa shape index (κ2) is 6.29. The number of aryl methyl sites for hydroxylation is 1. The normalized spacial score (nSPS) is 11.5. The first kappa shape index (κ1) is 16.2. The molecule has 5 aromatic rings. The maximum Gasteiger partial charge on any atom is 0.120 e. The van der Waals surface area contributed by atoms with Gasteiger partial charge in [0, 0.05) is 22.4 Å². The zero-order chi connectivity index (χ0) is 18.4. The fourth-order valence-electron chi connectivity index (χ4n) is 3.62. The molecule has 0 radical (unpaired) electrons. The molecule has 0 amide bonds. The van der Waals surface area contributed by atoms with Crippen LogP contribution in [-0.4, -0.2) is 9.97 Å². The van der Waals surface area contributed by atoms with Gasteiger partial charge in [-0.3, -0.25) is 0 Å². The number of benzene rings is 3. The second-order valence-corrected chi connectivity index (χ2v) is 7.09. The summed E-state index contributed by atoms with van der Waals surface area (Å²) in [5, 5.41) is 4.95. The summed E-state index contributed by atoms with van der Waals surface area (Å²) in [4.78, 5) is 7.92. The van der Waals surface area contributed by atoms with Gasteiger partial charge in [-0.25, -0.2) is 4.98 Å². The van der Waals surface area contributed by atoms with Crippen molar-refractivity contribution in [2.24, 2.45) is 0 Å². The Balaban J connectivity index is 1.64. The molecule has 3 aromatic carbocycles. The van der Waals surface area contributed by atoms with Gasteiger partial charge in [-0.15, -0.1) is 0 Å². The Kier molecular flexibility index (Phi) is 3.76. The van der Waals surface area contributed by atoms with E-state index in [1.54, 1.807) is 0 Å². The number of hydrogen-bond acceptors (Lipinski definition) is 2. The van der Waals surface area contributed by atoms with Crippen LogP contribution in [0.3, 0.4) is 0 Å². The van der Waals surface area contributed by atoms with Gasteiger partial charge in [-0.2, -0.15) is 0 Å². The molecular formula is C23H17ClN2O. The highest BCUT2D eigenvalue weighted by molar-refractivity contribution is 6.35. The van der Waals surface area contributed by atoms with Crippen LogP contribution in [0.5, 0.6) is 5.75 Å². The number of pyridine rings is 1. The average molecular weight is 373 g/mol. The molecule has 0 spiro atoms. The number of nitrogens with one attached hydrogen (secondary N) is 1. The van der Waals surface area contributed by atoms with Crippen molar-refractivity contribution < 1.29 is 4.74 Å². The molecule has 2 aromatic heterocycles. The van der Waals surface area contributed by atoms with Gasteiger partial charge in [0.1, 0.15) is 17.5 Å². The summed E-state index contributed by atoms with van der Waals surface area (Å²) >= 11 is 6.40. The summed E-state index contributed by atoms with van der Waals surface area (Å²) in [6, 6.07) is 20.4. The van der Waals surface area contributed by atoms with Gasteiger partial charge in [-0.05, 0) is 53.8 Å². The molecule has 0 aliphatic heterocycles. The molecule has 0 saturated carbocycles. The number of rotatable bonds is 3. The van der Waals surface area contributed by atoms with Crippen LogP contribution in [0.4, 0.5) is 0 Å². The summed E-state index contributed by atoms with van der Waals surface area (Å²) in [6.07, 6.45) is 1.86. The third kappa shape index (κ3) is 2.71. The largest absolute Gasteiger partial charge is 0.489 e. The lowest BCUT2D eigenvalue weighted by Crippen LogP contribution is -1.94. The van der Waals surface area contributed by atoms with E-state index in [1.165, 1.54) is 0 Å². The lowest BCUT2D eigenvalue weighted by atomic mass is 10.0. The van der Waals surface area contributed by atoms with Gasteiger partial charge in [-0.1, -0.05) is 41.9 Å². The van der Waals surface area contributed by atoms with E-state index in [1.807, 2.05) is 42.6 Å². The number of ether oxygens (including phenoxy) is 1. The summed E-state index contributed by atoms with van der Waals surface area (Å²) in [5.41, 5.74) is 4.27. The molecule has 0 aliphatic rings. The number of aromatic amines is 1. The van der Waals surface area contributed by atoms with Crippen molar-refractivity contribution in [1.29, 1.82) is 0 Å². The number of H-pyrrole nitrogens is 1. The minimum absolute atomic E-state index is 0.543. The van der Waals surface area contributed by atoms with E-state index < -0.39 is 0 Å². The predicted molar refractivity (Wildman–Crippen MR) is 112 cm³/mol. The van der Waals surface area contributed by atoms with Gasteiger partial charge >= 0.3 is 0 Å². The van der Waals surface area contributed by atoms with E-state index >= 15 is 0 Å². The fourth-order valence-corrected chi connectivity index (χ4v) is 3.84. The van der Waals surface area contributed by atoms with Crippen LogP contribution in [0.15, 0.2) is 66.9 Å². The van der Waals surface area contributed by atoms with Gasteiger partial charge in [0.25, 0.3) is 0 Å². The Hall–Kier alpha value is -3.04. The Labute approximate surface area is 161 Å². The van der Waals surface area contributed by atoms with Gasteiger partial charge in [0.15, 0.2) is 0 Å². The molecule has 0 unspecified atom stereocenters. The van der Waals surface area contributed by atoms with Gasteiger partial charge in [0.2, 0.25) is 0 Å². The SMILES string of the molecule is Cc1c2cc[nH]c(Cl)c2cc2c1nc1ccc(OCc3ccccc3)cc12. The highest BCUT2D eigenvalue weighted by atomic mass is 35.5. The molecule has 4 heteroatoms. The Bertz CT molecular complexity index is 1290. The second-order valence-electron chi connectivity index (χ2n) is 6.72. The third-order valence-electron chi connectivity index (χ3n) is 5.03. The minimum Gasteiger partial charge on any atom is -0.489 e. The molecule has 0 fully saturated rings. The van der Waals surface area contributed by atoms with E-state index in [-0.39, 0.29) is 0 Å². The van der Waals surface area contributed by atoms with E-state index in [4.69, 9.17) is 21.3 Å². The maximum absolute atomic E-state index is 6.40. The zero-order valence-corrected chi connectivity index (χ0v) is 15.5. The maximum atomic E-state index is 6.40. The quantitative estimate of drug-likeness (QED) is 0.371. The first-order chi connectivity index (χ1) is 13.2. The van der Waals surface area contributed by atoms with Crippen LogP contribution in [0.25, 0.3) is 32.6 Å². The molecule has 0 atom stereocenters. The van der Waals surface area contributed by atoms with Crippen LogP contribution >= 0.6 is 11.6 Å². The van der Waals surface area contributed by atoms with Crippen molar-refractivity contribution in [2.75, 3.05) is 0 Å². The molecule has 0 saturated heterocycles. The molecule has 27 heavy (non-hydrogen) atoms. The van der Waals surface area contributed by atoms with E-state index in [2.05, 4.69) is 36.2 Å². The highest BCUT2D eigenvalue weighted by Gasteiger charge is 2.13. The lowest BCUT2D eigenvalue weighted by Gasteiger charge is -2.07. The number of halogens is 1. The molecule has 0 aliphatic carbocycles. The smallest absolute Gasteiger partial charge is 0.120 e. The van der Waals surface area contributed by atoms with Crippen molar-refractivity contribution in [3.63, 3.8) is 0 Å². The molecule has 1 N–H and O–H groups in total. The van der Waals surface area contributed by atoms with Crippen molar-refractivity contribution in [3.8, 4) is 5.75 Å². The van der Waals surface area contributed by atoms with Crippen LogP contribution in [0.1, 0.15) is 11.1 Å². The van der Waals surface area contributed by atoms with Crippen molar-refractivity contribution in [1.82, 2.24) is 9.97 Å². The molecule has 5 rings (SSSR count). The third-order valence-corrected chi connectivity index (χ3v) is 5.34. The van der Waals surface area contributed by atoms with Crippen LogP contribution in [0.2, 0.25) is 5.15 Å². The van der Waals surface area contributed by atoms with E-state index in [0.717, 1.165) is 49.5 Å². The van der Waals surface area contributed by atoms with Crippen LogP contribution < -0.4 is 4.74 Å². The fraction of sp³-hybridized carbons (Fsp3) is 0.0870. The summed E-state index contributed by atoms with van der Waals surface area (Å²) in [5.74, 6) is 0.837. The van der Waals surface area contributed by atoms with Gasteiger partial charge < -0.3 is 9.72 Å². The standard InChI is InChI=1S/C23H17ClN2O/c1-14-17-9-10-25-23(24)20(17)12-19-18-11-16(7-8-21(18)26-22(14)19)27-13-15-5-3-2-4-6-15/h2-12,25H,13H2,1H3. The topological polar surface area (TPSA) is 37.9 Å². The van der Waals surface area contributed by atoms with Gasteiger partial charge in [0.05, 0.1) is 11.0 Å². The number of aromatic nitrogens is 2. The van der Waals surface area contributed by atoms with E-state index in [9.17, 15) is 0 Å². The number of hydrogen-bond donors (Lipinski definition) is 1. The number of nitrogens with zero attached hydrogens (tertiary/aromatic N) is 1. The highest BCUT2D eigenvalue weighted by Crippen LogP contribution is 2.36. The Morgan fingerprint density at radius 3 is 2.63 bits per heavy atom. The molecule has 132 valence electrons. The van der Waals surface area contributed by atoms with Crippen molar-refractivity contribution >= 4 is 44.2 Å². The lowest BCUT2D eigenvalue weighted by molar-refractivity contribution is 0.306. The number of fused-ring (bicyclic) bond motifs is 4. The van der Waals surface area contributed by atoms with Crippen molar-refractivity contribution in [3.05, 3.63) is 83.1 Å². The summed E-state index contributed by atoms with van der Waals surface area (Å²) in [6.45, 7) is 2.64. The first-order valence-electron chi connectivity index (χ1n) is 8.87.